The number of benzene rings is 6. The van der Waals surface area contributed by atoms with Crippen molar-refractivity contribution in [1.29, 1.82) is 0 Å². The van der Waals surface area contributed by atoms with Gasteiger partial charge in [0.05, 0.1) is 6.61 Å². The molecule has 1 fully saturated rings. The number of likely N-dealkylation sites (tertiary alicyclic amines) is 1. The van der Waals surface area contributed by atoms with Gasteiger partial charge in [-0.15, -0.1) is 0 Å². The van der Waals surface area contributed by atoms with Gasteiger partial charge in [-0.05, 0) is 115 Å². The smallest absolute Gasteiger partial charge is 0.245 e. The fourth-order valence-electron chi connectivity index (χ4n) is 12.0. The van der Waals surface area contributed by atoms with Gasteiger partial charge in [-0.3, -0.25) is 52.7 Å². The molecule has 14 N–H and O–H groups in total. The molecule has 0 unspecified atom stereocenters. The standard InChI is InChI=1S/C76H96N12O13/c1-6-78-37-19-18-29-58(68(93)82-61(42-51-23-12-8-13-24-51)72(97)86-64(39-47(2)3)76(101)88-38-20-30-66(88)75(100)79-48(4)67(77)92)81-70(95)63(44-53-32-35-57(91)36-33-53)85-74(99)65(46-89)87-73(98)62(43-52-25-14-9-15-26-52)84-71(96)60(41-50-21-10-7-11-22-50)83-69(94)59(80-49(5)90)45-54-31-34-55-27-16-17-28-56(55)40-54/h7-17,21-28,31-36,40,47-48,58-66,78,89,91H,6,18-20,29-30,37-39,41-46H2,1-5H3,(H2,77,92)(H,79,100)(H,80,90)(H,81,95)(H,82,93)(H,83,94)(H,84,96)(H,85,99)(H,86,97)(H,87,98)/t48-,58-,59-,60-,61-,62-,63-,64-,65-,66+/m0/s1. The number of nitrogens with two attached hydrogens (primary N) is 1. The van der Waals surface area contributed by atoms with Crippen molar-refractivity contribution in [3.8, 4) is 5.75 Å². The van der Waals surface area contributed by atoms with Crippen LogP contribution in [0.1, 0.15) is 101 Å². The van der Waals surface area contributed by atoms with Crippen molar-refractivity contribution in [2.75, 3.05) is 26.2 Å². The number of unbranched alkanes of at least 4 members (excludes halogenated alkanes) is 1. The molecular weight excluding hydrogens is 1290 g/mol. The summed E-state index contributed by atoms with van der Waals surface area (Å²) in [5.74, 6) is -8.46. The molecule has 25 nitrogen and oxygen atoms in total. The third-order valence-corrected chi connectivity index (χ3v) is 17.4. The third kappa shape index (κ3) is 24.7. The van der Waals surface area contributed by atoms with Gasteiger partial charge in [0.2, 0.25) is 65.0 Å². The Morgan fingerprint density at radius 2 is 0.881 bits per heavy atom. The Hall–Kier alpha value is -10.5. The number of amides is 11. The van der Waals surface area contributed by atoms with Crippen LogP contribution in [0, 0.1) is 5.92 Å². The highest BCUT2D eigenvalue weighted by atomic mass is 16.3. The number of phenolic OH excluding ortho intramolecular Hbond substituents is 1. The molecule has 0 aliphatic carbocycles. The first-order chi connectivity index (χ1) is 48.5. The van der Waals surface area contributed by atoms with Gasteiger partial charge < -0.3 is 74.0 Å². The molecule has 6 aromatic carbocycles. The maximum Gasteiger partial charge on any atom is 0.245 e. The van der Waals surface area contributed by atoms with Crippen LogP contribution in [0.4, 0.5) is 0 Å². The van der Waals surface area contributed by atoms with E-state index >= 15 is 4.79 Å². The zero-order valence-corrected chi connectivity index (χ0v) is 57.9. The van der Waals surface area contributed by atoms with Crippen LogP contribution in [0.2, 0.25) is 0 Å². The third-order valence-electron chi connectivity index (χ3n) is 17.4. The first kappa shape index (κ1) is 77.8. The van der Waals surface area contributed by atoms with E-state index in [4.69, 9.17) is 5.73 Å². The van der Waals surface area contributed by atoms with Crippen LogP contribution in [0.25, 0.3) is 10.8 Å². The Morgan fingerprint density at radius 3 is 1.35 bits per heavy atom. The van der Waals surface area contributed by atoms with Gasteiger partial charge in [0, 0.05) is 45.6 Å². The molecule has 1 aliphatic rings. The number of primary amides is 1. The number of hydrogen-bond donors (Lipinski definition) is 13. The quantitative estimate of drug-likeness (QED) is 0.0248. The summed E-state index contributed by atoms with van der Waals surface area (Å²) in [6.07, 6.45) is 1.45. The predicted octanol–water partition coefficient (Wildman–Crippen LogP) is 2.76. The lowest BCUT2D eigenvalue weighted by Crippen LogP contribution is -2.61. The predicted molar refractivity (Wildman–Crippen MR) is 381 cm³/mol. The van der Waals surface area contributed by atoms with Gasteiger partial charge in [-0.1, -0.05) is 166 Å². The van der Waals surface area contributed by atoms with Crippen molar-refractivity contribution in [1.82, 2.24) is 58.1 Å². The number of phenols is 1. The Balaban J connectivity index is 1.13. The molecule has 0 bridgehead atoms. The summed E-state index contributed by atoms with van der Waals surface area (Å²) in [5, 5.41) is 51.0. The van der Waals surface area contributed by atoms with Gasteiger partial charge in [0.15, 0.2) is 0 Å². The number of carbonyl (C=O) groups excluding carboxylic acids is 11. The first-order valence-electron chi connectivity index (χ1n) is 34.5. The molecule has 25 heteroatoms. The fraction of sp³-hybridized carbons (Fsp3) is 0.408. The molecular formula is C76H96N12O13. The molecule has 1 aliphatic heterocycles. The average Bonchev–Trinajstić information content (AvgIpc) is 1.80. The highest BCUT2D eigenvalue weighted by molar-refractivity contribution is 5.99. The molecule has 10 atom stereocenters. The summed E-state index contributed by atoms with van der Waals surface area (Å²) in [6, 6.07) is 32.4. The molecule has 7 rings (SSSR count). The molecule has 538 valence electrons. The molecule has 0 saturated carbocycles. The number of aromatic hydroxyl groups is 1. The van der Waals surface area contributed by atoms with Crippen molar-refractivity contribution in [2.45, 2.75) is 166 Å². The van der Waals surface area contributed by atoms with Crippen LogP contribution >= 0.6 is 0 Å². The molecule has 6 aromatic rings. The molecule has 0 spiro atoms. The van der Waals surface area contributed by atoms with E-state index in [9.17, 15) is 58.2 Å². The number of aliphatic hydroxyl groups excluding tert-OH is 1. The molecule has 101 heavy (non-hydrogen) atoms. The van der Waals surface area contributed by atoms with Crippen molar-refractivity contribution in [3.05, 3.63) is 186 Å². The lowest BCUT2D eigenvalue weighted by Gasteiger charge is -2.31. The molecule has 0 aromatic heterocycles. The van der Waals surface area contributed by atoms with Gasteiger partial charge in [0.25, 0.3) is 0 Å². The second kappa shape index (κ2) is 39.3. The highest BCUT2D eigenvalue weighted by Crippen LogP contribution is 2.23. The monoisotopic (exact) mass is 1380 g/mol. The van der Waals surface area contributed by atoms with Crippen LogP contribution in [-0.4, -0.2) is 167 Å². The second-order valence-corrected chi connectivity index (χ2v) is 26.0. The zero-order valence-electron chi connectivity index (χ0n) is 57.9. The average molecular weight is 1390 g/mol. The Morgan fingerprint density at radius 1 is 0.475 bits per heavy atom. The lowest BCUT2D eigenvalue weighted by molar-refractivity contribution is -0.142. The summed E-state index contributed by atoms with van der Waals surface area (Å²) >= 11 is 0. The lowest BCUT2D eigenvalue weighted by atomic mass is 9.99. The van der Waals surface area contributed by atoms with Crippen molar-refractivity contribution >= 4 is 75.8 Å². The summed E-state index contributed by atoms with van der Waals surface area (Å²) in [7, 11) is 0. The number of nitrogens with zero attached hydrogens (tertiary/aromatic N) is 1. The van der Waals surface area contributed by atoms with Gasteiger partial charge in [-0.2, -0.15) is 0 Å². The topological polar surface area (TPSA) is 378 Å². The van der Waals surface area contributed by atoms with E-state index in [1.54, 1.807) is 91.0 Å². The van der Waals surface area contributed by atoms with Crippen LogP contribution < -0.4 is 58.9 Å². The summed E-state index contributed by atoms with van der Waals surface area (Å²) < 4.78 is 0. The summed E-state index contributed by atoms with van der Waals surface area (Å²) in [4.78, 5) is 157. The zero-order chi connectivity index (χ0) is 73.0. The summed E-state index contributed by atoms with van der Waals surface area (Å²) in [6.45, 7) is 8.79. The molecule has 11 amide bonds. The number of carbonyl (C=O) groups is 11. The number of nitrogens with one attached hydrogen (secondary N) is 10. The Bertz CT molecular complexity index is 3770. The number of aliphatic hydroxyl groups is 1. The van der Waals surface area contributed by atoms with Crippen molar-refractivity contribution < 1.29 is 63.0 Å². The maximum absolute atomic E-state index is 15.0. The minimum Gasteiger partial charge on any atom is -0.508 e. The second-order valence-electron chi connectivity index (χ2n) is 26.0. The van der Waals surface area contributed by atoms with Gasteiger partial charge >= 0.3 is 0 Å². The van der Waals surface area contributed by atoms with E-state index in [1.165, 1.54) is 43.0 Å². The van der Waals surface area contributed by atoms with Crippen LogP contribution in [-0.2, 0) is 84.8 Å². The number of fused-ring (bicyclic) bond motifs is 1. The number of rotatable bonds is 38. The van der Waals surface area contributed by atoms with Crippen LogP contribution in [0.3, 0.4) is 0 Å². The van der Waals surface area contributed by atoms with E-state index in [0.717, 1.165) is 16.3 Å². The Labute approximate surface area is 589 Å². The maximum atomic E-state index is 15.0. The van der Waals surface area contributed by atoms with E-state index in [1.807, 2.05) is 63.2 Å². The molecule has 1 heterocycles. The number of hydrogen-bond acceptors (Lipinski definition) is 14. The normalized spacial score (nSPS) is 15.4. The van der Waals surface area contributed by atoms with E-state index in [0.29, 0.717) is 61.0 Å². The van der Waals surface area contributed by atoms with E-state index in [-0.39, 0.29) is 63.2 Å². The van der Waals surface area contributed by atoms with E-state index in [2.05, 4.69) is 53.2 Å². The van der Waals surface area contributed by atoms with Crippen LogP contribution in [0.5, 0.6) is 5.75 Å². The van der Waals surface area contributed by atoms with Crippen LogP contribution in [0.15, 0.2) is 158 Å². The van der Waals surface area contributed by atoms with Crippen molar-refractivity contribution in [3.63, 3.8) is 0 Å². The minimum absolute atomic E-state index is 0.0324. The molecule has 1 saturated heterocycles. The van der Waals surface area contributed by atoms with Gasteiger partial charge in [-0.25, -0.2) is 0 Å². The largest absolute Gasteiger partial charge is 0.508 e. The SMILES string of the molecule is CCNCCCC[C@H](NC(=O)[C@H](Cc1ccc(O)cc1)NC(=O)[C@H](CO)NC(=O)[C@H](Cc1ccccc1)NC(=O)[C@H](Cc1ccccc1)NC(=O)[C@H](Cc1ccc2ccccc2c1)NC(C)=O)C(=O)N[C@@H](Cc1ccccc1)C(=O)N[C@@H](CC(C)C)C(=O)N1CCC[C@@H]1C(=O)N[C@@H](C)C(N)=O. The van der Waals surface area contributed by atoms with Gasteiger partial charge in [0.1, 0.15) is 66.2 Å². The molecule has 0 radical (unpaired) electrons. The summed E-state index contributed by atoms with van der Waals surface area (Å²) in [5.41, 5.74) is 8.47. The first-order valence-corrected chi connectivity index (χ1v) is 34.5. The van der Waals surface area contributed by atoms with Crippen molar-refractivity contribution in [2.24, 2.45) is 11.7 Å². The highest BCUT2D eigenvalue weighted by Gasteiger charge is 2.40. The van der Waals surface area contributed by atoms with E-state index < -0.39 is 132 Å². The fourth-order valence-corrected chi connectivity index (χ4v) is 12.0. The minimum atomic E-state index is -1.77. The Kier molecular flexibility index (Phi) is 30.3.